The van der Waals surface area contributed by atoms with Crippen LogP contribution in [0.15, 0.2) is 80.2 Å². The number of benzene rings is 2. The number of hydrogen-bond donors (Lipinski definition) is 3. The van der Waals surface area contributed by atoms with E-state index in [4.69, 9.17) is 19.7 Å². The van der Waals surface area contributed by atoms with Crippen molar-refractivity contribution in [3.63, 3.8) is 0 Å². The highest BCUT2D eigenvalue weighted by Gasteiger charge is 2.27. The molecular formula is C24H18N2O8. The molecule has 0 unspecified atom stereocenters. The lowest BCUT2D eigenvalue weighted by Crippen LogP contribution is -2.08. The van der Waals surface area contributed by atoms with Crippen LogP contribution in [0.2, 0.25) is 0 Å². The second-order valence-corrected chi connectivity index (χ2v) is 7.40. The molecule has 0 aliphatic carbocycles. The van der Waals surface area contributed by atoms with Crippen LogP contribution >= 0.6 is 0 Å². The van der Waals surface area contributed by atoms with E-state index in [0.717, 1.165) is 5.56 Å². The Bertz CT molecular complexity index is 1390. The lowest BCUT2D eigenvalue weighted by molar-refractivity contribution is -0.253. The van der Waals surface area contributed by atoms with E-state index in [1.54, 1.807) is 37.3 Å². The fourth-order valence-electron chi connectivity index (χ4n) is 3.38. The molecule has 1 aliphatic heterocycles. The Morgan fingerprint density at radius 1 is 1.09 bits per heavy atom. The van der Waals surface area contributed by atoms with Crippen molar-refractivity contribution in [1.82, 2.24) is 5.16 Å². The van der Waals surface area contributed by atoms with Crippen LogP contribution in [0.1, 0.15) is 34.0 Å². The Hall–Kier alpha value is -4.54. The molecule has 172 valence electrons. The second-order valence-electron chi connectivity index (χ2n) is 7.40. The molecule has 2 heterocycles. The van der Waals surface area contributed by atoms with Crippen LogP contribution in [-0.4, -0.2) is 33.2 Å². The van der Waals surface area contributed by atoms with Gasteiger partial charge in [0.15, 0.2) is 0 Å². The van der Waals surface area contributed by atoms with E-state index in [9.17, 15) is 14.4 Å². The first-order valence-electron chi connectivity index (χ1n) is 9.98. The van der Waals surface area contributed by atoms with Gasteiger partial charge in [-0.3, -0.25) is 5.26 Å². The van der Waals surface area contributed by atoms with Crippen LogP contribution < -0.4 is 5.63 Å². The minimum Gasteiger partial charge on any atom is -0.478 e. The number of rotatable bonds is 7. The molecule has 0 spiro atoms. The van der Waals surface area contributed by atoms with Crippen LogP contribution in [-0.2, 0) is 21.1 Å². The van der Waals surface area contributed by atoms with Crippen molar-refractivity contribution in [2.24, 2.45) is 5.16 Å². The van der Waals surface area contributed by atoms with Gasteiger partial charge in [-0.15, -0.1) is 0 Å². The topological polar surface area (TPSA) is 151 Å². The molecule has 1 aliphatic rings. The number of carbonyl (C=O) groups is 2. The van der Waals surface area contributed by atoms with Gasteiger partial charge in [0.25, 0.3) is 0 Å². The van der Waals surface area contributed by atoms with Crippen LogP contribution in [0.4, 0.5) is 0 Å². The average Bonchev–Trinajstić information content (AvgIpc) is 3.37. The predicted molar refractivity (Wildman–Crippen MR) is 120 cm³/mol. The van der Waals surface area contributed by atoms with Crippen molar-refractivity contribution in [3.05, 3.63) is 98.4 Å². The molecule has 4 rings (SSSR count). The average molecular weight is 462 g/mol. The van der Waals surface area contributed by atoms with Crippen molar-refractivity contribution < 1.29 is 34.2 Å². The Labute approximate surface area is 191 Å². The second kappa shape index (κ2) is 9.53. The molecule has 0 fully saturated rings. The van der Waals surface area contributed by atoms with Gasteiger partial charge >= 0.3 is 17.6 Å². The van der Waals surface area contributed by atoms with Gasteiger partial charge in [-0.1, -0.05) is 41.6 Å². The zero-order valence-corrected chi connectivity index (χ0v) is 17.8. The number of carbonyl (C=O) groups excluding carboxylic acids is 1. The van der Waals surface area contributed by atoms with E-state index in [1.807, 2.05) is 0 Å². The zero-order valence-electron chi connectivity index (χ0n) is 17.8. The molecule has 0 amide bonds. The highest BCUT2D eigenvalue weighted by Crippen LogP contribution is 2.24. The van der Waals surface area contributed by atoms with Crippen molar-refractivity contribution in [2.75, 3.05) is 0 Å². The lowest BCUT2D eigenvalue weighted by Gasteiger charge is -2.03. The monoisotopic (exact) mass is 462 g/mol. The molecule has 10 heteroatoms. The first-order chi connectivity index (χ1) is 16.4. The first kappa shape index (κ1) is 22.6. The molecule has 0 saturated heterocycles. The van der Waals surface area contributed by atoms with Crippen molar-refractivity contribution in [2.45, 2.75) is 13.5 Å². The van der Waals surface area contributed by atoms with Gasteiger partial charge in [-0.25, -0.2) is 24.4 Å². The van der Waals surface area contributed by atoms with Gasteiger partial charge in [0, 0.05) is 11.1 Å². The molecule has 0 radical (unpaired) electrons. The smallest absolute Gasteiger partial charge is 0.368 e. The minimum absolute atomic E-state index is 0.0284. The fraction of sp³-hybridized carbons (Fsp3) is 0.0833. The van der Waals surface area contributed by atoms with Gasteiger partial charge in [0.05, 0.1) is 22.4 Å². The maximum Gasteiger partial charge on any atom is 0.368 e. The SMILES string of the molecule is CC(=Cc1c(-c2ccc(COO)cc2)[nH]oc1=O)C=C1C(=O)ON=C1c1ccc(C(=O)O)cc1. The fourth-order valence-corrected chi connectivity index (χ4v) is 3.38. The number of carboxylic acid groups (broad SMARTS) is 1. The van der Waals surface area contributed by atoms with Crippen LogP contribution in [0, 0.1) is 0 Å². The van der Waals surface area contributed by atoms with Crippen molar-refractivity contribution in [1.29, 1.82) is 0 Å². The molecular weight excluding hydrogens is 444 g/mol. The number of oxime groups is 1. The number of nitrogens with zero attached hydrogens (tertiary/aromatic N) is 1. The summed E-state index contributed by atoms with van der Waals surface area (Å²) in [5.41, 5.74) is 3.04. The maximum absolute atomic E-state index is 12.3. The summed E-state index contributed by atoms with van der Waals surface area (Å²) in [7, 11) is 0. The van der Waals surface area contributed by atoms with Gasteiger partial charge in [-0.2, -0.15) is 0 Å². The number of allylic oxidation sites excluding steroid dienone is 2. The van der Waals surface area contributed by atoms with Crippen molar-refractivity contribution in [3.8, 4) is 11.3 Å². The van der Waals surface area contributed by atoms with Gasteiger partial charge in [-0.05, 0) is 42.3 Å². The number of aromatic nitrogens is 1. The third kappa shape index (κ3) is 4.63. The Morgan fingerprint density at radius 3 is 2.41 bits per heavy atom. The van der Waals surface area contributed by atoms with E-state index >= 15 is 0 Å². The Morgan fingerprint density at radius 2 is 1.76 bits per heavy atom. The van der Waals surface area contributed by atoms with Crippen LogP contribution in [0.25, 0.3) is 17.3 Å². The lowest BCUT2D eigenvalue weighted by atomic mass is 9.99. The number of H-pyrrole nitrogens is 1. The van der Waals surface area contributed by atoms with Crippen LogP contribution in [0.5, 0.6) is 0 Å². The maximum atomic E-state index is 12.3. The summed E-state index contributed by atoms with van der Waals surface area (Å²) in [5, 5.41) is 24.0. The summed E-state index contributed by atoms with van der Waals surface area (Å²) in [5.74, 6) is -1.74. The molecule has 0 atom stereocenters. The largest absolute Gasteiger partial charge is 0.478 e. The van der Waals surface area contributed by atoms with E-state index in [-0.39, 0.29) is 29.0 Å². The number of aromatic amines is 1. The quantitative estimate of drug-likeness (QED) is 0.208. The summed E-state index contributed by atoms with van der Waals surface area (Å²) in [4.78, 5) is 44.6. The van der Waals surface area contributed by atoms with Crippen LogP contribution in [0.3, 0.4) is 0 Å². The summed E-state index contributed by atoms with van der Waals surface area (Å²) in [6.45, 7) is 1.72. The van der Waals surface area contributed by atoms with Gasteiger partial charge < -0.3 is 14.5 Å². The predicted octanol–water partition coefficient (Wildman–Crippen LogP) is 3.61. The van der Waals surface area contributed by atoms with Gasteiger partial charge in [0.1, 0.15) is 12.3 Å². The molecule has 1 aromatic heterocycles. The third-order valence-corrected chi connectivity index (χ3v) is 5.05. The summed E-state index contributed by atoms with van der Waals surface area (Å²) < 4.78 is 4.97. The molecule has 10 nitrogen and oxygen atoms in total. The molecule has 2 aromatic carbocycles. The summed E-state index contributed by atoms with van der Waals surface area (Å²) in [6.07, 6.45) is 3.09. The van der Waals surface area contributed by atoms with E-state index in [0.29, 0.717) is 22.4 Å². The van der Waals surface area contributed by atoms with Crippen molar-refractivity contribution >= 4 is 23.7 Å². The number of carboxylic acids is 1. The summed E-state index contributed by atoms with van der Waals surface area (Å²) >= 11 is 0. The Kier molecular flexibility index (Phi) is 6.35. The summed E-state index contributed by atoms with van der Waals surface area (Å²) in [6, 6.07) is 12.8. The first-order valence-corrected chi connectivity index (χ1v) is 9.98. The molecule has 34 heavy (non-hydrogen) atoms. The van der Waals surface area contributed by atoms with E-state index in [1.165, 1.54) is 30.3 Å². The number of nitrogens with one attached hydrogen (secondary N) is 1. The zero-order chi connectivity index (χ0) is 24.2. The molecule has 3 aromatic rings. The number of hydrogen-bond acceptors (Lipinski definition) is 8. The number of aromatic carboxylic acids is 1. The normalized spacial score (nSPS) is 14.9. The molecule has 0 bridgehead atoms. The van der Waals surface area contributed by atoms with E-state index < -0.39 is 17.6 Å². The molecule has 0 saturated carbocycles. The third-order valence-electron chi connectivity index (χ3n) is 5.05. The minimum atomic E-state index is -1.07. The Balaban J connectivity index is 1.66. The van der Waals surface area contributed by atoms with E-state index in [2.05, 4.69) is 15.2 Å². The standard InChI is InChI=1S/C24H18N2O8/c1-13(10-18-20(25-33-23(18)29)15-4-2-14(3-5-15)12-32-31)11-19-21(26-34-24(19)30)16-6-8-17(9-7-16)22(27)28/h2-11,25,31H,12H2,1H3,(H,27,28). The molecule has 3 N–H and O–H groups in total. The highest BCUT2D eigenvalue weighted by atomic mass is 17.1. The van der Waals surface area contributed by atoms with Gasteiger partial charge in [0.2, 0.25) is 0 Å². The highest BCUT2D eigenvalue weighted by molar-refractivity contribution is 6.29.